The molecule has 1 aliphatic rings. The molecule has 20 heavy (non-hydrogen) atoms. The molecule has 0 N–H and O–H groups in total. The van der Waals surface area contributed by atoms with Gasteiger partial charge in [0, 0.05) is 41.8 Å². The van der Waals surface area contributed by atoms with Crippen LogP contribution in [0.1, 0.15) is 23.2 Å². The third kappa shape index (κ3) is 3.17. The molecule has 1 aromatic carbocycles. The Kier molecular flexibility index (Phi) is 5.47. The summed E-state index contributed by atoms with van der Waals surface area (Å²) in [4.78, 5) is 24.4. The lowest BCUT2D eigenvalue weighted by Gasteiger charge is -2.26. The number of ketones is 1. The molecule has 1 aromatic rings. The highest BCUT2D eigenvalue weighted by molar-refractivity contribution is 7.95. The second-order valence-electron chi connectivity index (χ2n) is 4.04. The van der Waals surface area contributed by atoms with Crippen LogP contribution in [0.2, 0.25) is 0 Å². The minimum atomic E-state index is -0.411. The van der Waals surface area contributed by atoms with E-state index in [2.05, 4.69) is 0 Å². The molecule has 108 valence electrons. The zero-order valence-corrected chi connectivity index (χ0v) is 12.7. The minimum absolute atomic E-state index is 0.0452. The molecule has 0 spiro atoms. The predicted molar refractivity (Wildman–Crippen MR) is 76.2 cm³/mol. The molecule has 2 rings (SSSR count). The third-order valence-corrected chi connectivity index (χ3v) is 4.12. The van der Waals surface area contributed by atoms with Crippen LogP contribution in [0, 0.1) is 0 Å². The lowest BCUT2D eigenvalue weighted by molar-refractivity contribution is -0.109. The van der Waals surface area contributed by atoms with Crippen molar-refractivity contribution < 1.29 is 22.7 Å². The lowest BCUT2D eigenvalue weighted by atomic mass is 9.99. The quantitative estimate of drug-likeness (QED) is 0.591. The van der Waals surface area contributed by atoms with E-state index in [1.165, 1.54) is 7.11 Å². The van der Waals surface area contributed by atoms with Crippen molar-refractivity contribution in [3.8, 4) is 5.75 Å². The molecule has 0 aliphatic carbocycles. The summed E-state index contributed by atoms with van der Waals surface area (Å²) in [6.07, 6.45) is 0.750. The van der Waals surface area contributed by atoms with E-state index in [1.54, 1.807) is 13.2 Å². The van der Waals surface area contributed by atoms with Gasteiger partial charge in [-0.05, 0) is 12.1 Å². The average molecular weight is 314 g/mol. The van der Waals surface area contributed by atoms with Crippen molar-refractivity contribution >= 4 is 36.2 Å². The molecular formula is C13H14O5S2. The smallest absolute Gasteiger partial charge is 0.171 e. The van der Waals surface area contributed by atoms with E-state index in [4.69, 9.17) is 13.1 Å². The maximum atomic E-state index is 12.3. The molecule has 0 saturated heterocycles. The summed E-state index contributed by atoms with van der Waals surface area (Å²) in [5, 5.41) is 0. The van der Waals surface area contributed by atoms with Gasteiger partial charge in [-0.2, -0.15) is 0 Å². The monoisotopic (exact) mass is 314 g/mol. The molecular weight excluding hydrogens is 300 g/mol. The first-order valence-corrected chi connectivity index (χ1v) is 7.41. The maximum absolute atomic E-state index is 12.3. The minimum Gasteiger partial charge on any atom is -0.487 e. The molecule has 0 amide bonds. The predicted octanol–water partition coefficient (Wildman–Crippen LogP) is 2.92. The molecule has 0 fully saturated rings. The van der Waals surface area contributed by atoms with Crippen molar-refractivity contribution in [3.05, 3.63) is 17.7 Å². The summed E-state index contributed by atoms with van der Waals surface area (Å²) in [7, 11) is 3.08. The van der Waals surface area contributed by atoms with Gasteiger partial charge < -0.3 is 17.9 Å². The van der Waals surface area contributed by atoms with Crippen LogP contribution in [0.25, 0.3) is 0 Å². The van der Waals surface area contributed by atoms with Gasteiger partial charge in [-0.15, -0.1) is 0 Å². The summed E-state index contributed by atoms with van der Waals surface area (Å²) in [6.45, 7) is 0. The van der Waals surface area contributed by atoms with E-state index in [1.807, 2.05) is 6.07 Å². The number of Topliss-reactive ketones (excluding diaryl/α,β-unsaturated/α-hetero) is 1. The van der Waals surface area contributed by atoms with Gasteiger partial charge >= 0.3 is 0 Å². The van der Waals surface area contributed by atoms with E-state index in [9.17, 15) is 9.59 Å². The number of rotatable bonds is 6. The Morgan fingerprint density at radius 3 is 2.60 bits per heavy atom. The first-order valence-electron chi connectivity index (χ1n) is 5.93. The fourth-order valence-electron chi connectivity index (χ4n) is 2.00. The molecule has 0 bridgehead atoms. The van der Waals surface area contributed by atoms with Crippen molar-refractivity contribution in [1.82, 2.24) is 0 Å². The fourth-order valence-corrected chi connectivity index (χ4v) is 3.12. The summed E-state index contributed by atoms with van der Waals surface area (Å²) >= 11 is 2.24. The fraction of sp³-hybridized carbons (Fsp3) is 0.385. The van der Waals surface area contributed by atoms with Crippen LogP contribution in [-0.2, 0) is 13.2 Å². The van der Waals surface area contributed by atoms with Crippen molar-refractivity contribution in [2.45, 2.75) is 28.7 Å². The van der Waals surface area contributed by atoms with Crippen molar-refractivity contribution in [2.24, 2.45) is 0 Å². The van der Waals surface area contributed by atoms with E-state index in [0.29, 0.717) is 21.1 Å². The van der Waals surface area contributed by atoms with Gasteiger partial charge in [0.2, 0.25) is 0 Å². The van der Waals surface area contributed by atoms with Gasteiger partial charge in [0.1, 0.15) is 18.1 Å². The van der Waals surface area contributed by atoms with Gasteiger partial charge in [-0.25, -0.2) is 0 Å². The number of ether oxygens (including phenoxy) is 1. The average Bonchev–Trinajstić information content (AvgIpc) is 2.42. The molecule has 0 radical (unpaired) electrons. The summed E-state index contributed by atoms with van der Waals surface area (Å²) in [6, 6.07) is 3.61. The number of benzene rings is 1. The Hall–Kier alpha value is -1.02. The number of carbonyl (C=O) groups is 2. The summed E-state index contributed by atoms with van der Waals surface area (Å²) in [5.41, 5.74) is 0.501. The molecule has 5 nitrogen and oxygen atoms in total. The van der Waals surface area contributed by atoms with Gasteiger partial charge in [-0.3, -0.25) is 4.79 Å². The van der Waals surface area contributed by atoms with E-state index in [0.717, 1.165) is 30.4 Å². The van der Waals surface area contributed by atoms with Crippen LogP contribution >= 0.6 is 24.1 Å². The molecule has 7 heteroatoms. The number of aldehydes is 1. The van der Waals surface area contributed by atoms with Crippen molar-refractivity contribution in [2.75, 3.05) is 14.2 Å². The first-order chi connectivity index (χ1) is 9.71. The lowest BCUT2D eigenvalue weighted by Crippen LogP contribution is -2.28. The number of carbonyl (C=O) groups excluding carboxylic acids is 2. The largest absolute Gasteiger partial charge is 0.487 e. The Labute approximate surface area is 125 Å². The second kappa shape index (κ2) is 7.12. The zero-order valence-electron chi connectivity index (χ0n) is 11.1. The van der Waals surface area contributed by atoms with E-state index < -0.39 is 6.10 Å². The molecule has 1 aliphatic heterocycles. The zero-order chi connectivity index (χ0) is 14.5. The molecule has 1 unspecified atom stereocenters. The molecule has 0 saturated carbocycles. The standard InChI is InChI=1S/C13H14O5S2/c1-16-19-10-3-4-11(20-17-2)13-12(10)9(15)7-8(18-13)5-6-14/h3-4,6,8H,5,7H2,1-2H3. The van der Waals surface area contributed by atoms with Gasteiger partial charge in [0.05, 0.1) is 24.7 Å². The molecule has 1 heterocycles. The SMILES string of the molecule is COSc1ccc(SOC)c2c1OC(CC=O)CC2=O. The highest BCUT2D eigenvalue weighted by atomic mass is 32.2. The van der Waals surface area contributed by atoms with E-state index in [-0.39, 0.29) is 18.6 Å². The summed E-state index contributed by atoms with van der Waals surface area (Å²) < 4.78 is 15.9. The second-order valence-corrected chi connectivity index (χ2v) is 5.92. The van der Waals surface area contributed by atoms with Crippen LogP contribution in [-0.4, -0.2) is 32.4 Å². The number of fused-ring (bicyclic) bond motifs is 1. The Morgan fingerprint density at radius 2 is 1.95 bits per heavy atom. The maximum Gasteiger partial charge on any atom is 0.171 e. The first kappa shape index (κ1) is 15.4. The topological polar surface area (TPSA) is 61.8 Å². The van der Waals surface area contributed by atoms with Crippen molar-refractivity contribution in [3.63, 3.8) is 0 Å². The van der Waals surface area contributed by atoms with E-state index >= 15 is 0 Å². The number of hydrogen-bond donors (Lipinski definition) is 0. The normalized spacial score (nSPS) is 17.5. The van der Waals surface area contributed by atoms with Gasteiger partial charge in [0.15, 0.2) is 5.78 Å². The highest BCUT2D eigenvalue weighted by Crippen LogP contribution is 2.42. The van der Waals surface area contributed by atoms with Crippen LogP contribution in [0.3, 0.4) is 0 Å². The van der Waals surface area contributed by atoms with Gasteiger partial charge in [0.25, 0.3) is 0 Å². The van der Waals surface area contributed by atoms with Gasteiger partial charge in [-0.1, -0.05) is 0 Å². The molecule has 1 atom stereocenters. The van der Waals surface area contributed by atoms with Crippen LogP contribution in [0.15, 0.2) is 21.9 Å². The Bertz CT molecular complexity index is 518. The third-order valence-electron chi connectivity index (χ3n) is 2.77. The number of hydrogen-bond acceptors (Lipinski definition) is 7. The van der Waals surface area contributed by atoms with Crippen LogP contribution < -0.4 is 4.74 Å². The van der Waals surface area contributed by atoms with Crippen LogP contribution in [0.4, 0.5) is 0 Å². The summed E-state index contributed by atoms with van der Waals surface area (Å²) in [5.74, 6) is 0.429. The Balaban J connectivity index is 2.45. The molecule has 0 aromatic heterocycles. The Morgan fingerprint density at radius 1 is 1.30 bits per heavy atom. The highest BCUT2D eigenvalue weighted by Gasteiger charge is 2.31. The van der Waals surface area contributed by atoms with Crippen molar-refractivity contribution in [1.29, 1.82) is 0 Å². The van der Waals surface area contributed by atoms with Crippen LogP contribution in [0.5, 0.6) is 5.75 Å².